The topological polar surface area (TPSA) is 46.0 Å². The van der Waals surface area contributed by atoms with Crippen molar-refractivity contribution >= 4 is 31.9 Å². The van der Waals surface area contributed by atoms with Gasteiger partial charge in [0, 0.05) is 32.6 Å². The lowest BCUT2D eigenvalue weighted by Crippen LogP contribution is -2.04. The zero-order valence-corrected chi connectivity index (χ0v) is 12.2. The molecule has 1 unspecified atom stereocenters. The quantitative estimate of drug-likeness (QED) is 0.895. The van der Waals surface area contributed by atoms with E-state index in [1.807, 2.05) is 25.1 Å². The Morgan fingerprint density at radius 1 is 1.18 bits per heavy atom. The van der Waals surface area contributed by atoms with Gasteiger partial charge >= 0.3 is 0 Å². The molecule has 0 spiro atoms. The average molecular weight is 358 g/mol. The van der Waals surface area contributed by atoms with Crippen LogP contribution in [0, 0.1) is 6.92 Å². The summed E-state index contributed by atoms with van der Waals surface area (Å²) in [5, 5.41) is 10.2. The molecule has 1 atom stereocenters. The summed E-state index contributed by atoms with van der Waals surface area (Å²) in [4.78, 5) is 8.37. The van der Waals surface area contributed by atoms with E-state index in [0.29, 0.717) is 5.69 Å². The molecular formula is C12H10Br2N2O. The average Bonchev–Trinajstić information content (AvgIpc) is 2.29. The highest BCUT2D eigenvalue weighted by Crippen LogP contribution is 2.28. The number of rotatable bonds is 2. The first-order valence-electron chi connectivity index (χ1n) is 4.99. The normalized spacial score (nSPS) is 12.5. The molecule has 2 heterocycles. The number of hydrogen-bond donors (Lipinski definition) is 1. The highest BCUT2D eigenvalue weighted by molar-refractivity contribution is 9.11. The van der Waals surface area contributed by atoms with Crippen LogP contribution in [0.4, 0.5) is 0 Å². The second kappa shape index (κ2) is 5.25. The summed E-state index contributed by atoms with van der Waals surface area (Å²) in [6.07, 6.45) is 2.55. The molecule has 0 radical (unpaired) electrons. The summed E-state index contributed by atoms with van der Waals surface area (Å²) >= 11 is 6.71. The van der Waals surface area contributed by atoms with Gasteiger partial charge in [-0.3, -0.25) is 9.97 Å². The Labute approximate surface area is 116 Å². The van der Waals surface area contributed by atoms with Crippen LogP contribution >= 0.6 is 31.9 Å². The number of halogens is 2. The van der Waals surface area contributed by atoms with Crippen molar-refractivity contribution in [3.8, 4) is 0 Å². The van der Waals surface area contributed by atoms with E-state index in [0.717, 1.165) is 20.2 Å². The summed E-state index contributed by atoms with van der Waals surface area (Å²) in [5.41, 5.74) is 2.23. The number of pyridine rings is 2. The van der Waals surface area contributed by atoms with Crippen LogP contribution in [0.25, 0.3) is 0 Å². The predicted molar refractivity (Wildman–Crippen MR) is 72.7 cm³/mol. The van der Waals surface area contributed by atoms with Crippen LogP contribution in [0.15, 0.2) is 39.5 Å². The van der Waals surface area contributed by atoms with Gasteiger partial charge in [-0.25, -0.2) is 0 Å². The molecule has 0 amide bonds. The van der Waals surface area contributed by atoms with Crippen LogP contribution in [-0.2, 0) is 0 Å². The Morgan fingerprint density at radius 3 is 2.53 bits per heavy atom. The van der Waals surface area contributed by atoms with E-state index in [9.17, 15) is 5.11 Å². The van der Waals surface area contributed by atoms with Crippen molar-refractivity contribution in [3.63, 3.8) is 0 Å². The molecule has 0 saturated heterocycles. The fraction of sp³-hybridized carbons (Fsp3) is 0.167. The third-order valence-electron chi connectivity index (χ3n) is 2.35. The zero-order chi connectivity index (χ0) is 12.4. The number of aliphatic hydroxyl groups is 1. The first-order valence-corrected chi connectivity index (χ1v) is 6.58. The molecule has 0 aliphatic rings. The SMILES string of the molecule is Cc1ccc(C(O)c2ncc(Br)cc2Br)cn1. The Hall–Kier alpha value is -0.780. The maximum Gasteiger partial charge on any atom is 0.124 e. The summed E-state index contributed by atoms with van der Waals surface area (Å²) in [6, 6.07) is 5.57. The van der Waals surface area contributed by atoms with E-state index < -0.39 is 6.10 Å². The lowest BCUT2D eigenvalue weighted by Gasteiger charge is -2.12. The minimum Gasteiger partial charge on any atom is -0.382 e. The van der Waals surface area contributed by atoms with Crippen molar-refractivity contribution in [3.05, 3.63) is 56.5 Å². The molecule has 0 aliphatic heterocycles. The molecule has 3 nitrogen and oxygen atoms in total. The molecule has 17 heavy (non-hydrogen) atoms. The van der Waals surface area contributed by atoms with Gasteiger partial charge in [-0.1, -0.05) is 6.07 Å². The van der Waals surface area contributed by atoms with Crippen LogP contribution < -0.4 is 0 Å². The minimum atomic E-state index is -0.773. The van der Waals surface area contributed by atoms with Crippen molar-refractivity contribution in [1.29, 1.82) is 0 Å². The van der Waals surface area contributed by atoms with Crippen LogP contribution in [0.3, 0.4) is 0 Å². The molecule has 1 N–H and O–H groups in total. The van der Waals surface area contributed by atoms with Gasteiger partial charge in [-0.2, -0.15) is 0 Å². The molecule has 2 aromatic rings. The first-order chi connectivity index (χ1) is 8.08. The first kappa shape index (κ1) is 12.7. The summed E-state index contributed by atoms with van der Waals surface area (Å²) in [7, 11) is 0. The second-order valence-corrected chi connectivity index (χ2v) is 5.43. The third kappa shape index (κ3) is 2.91. The van der Waals surface area contributed by atoms with Crippen molar-refractivity contribution in [2.24, 2.45) is 0 Å². The smallest absolute Gasteiger partial charge is 0.124 e. The standard InChI is InChI=1S/C12H10Br2N2O/c1-7-2-3-8(5-15-7)12(17)11-10(14)4-9(13)6-16-11/h2-6,12,17H,1H3. The molecular weight excluding hydrogens is 348 g/mol. The largest absolute Gasteiger partial charge is 0.382 e. The number of aryl methyl sites for hydroxylation is 1. The second-order valence-electron chi connectivity index (χ2n) is 3.66. The van der Waals surface area contributed by atoms with E-state index in [2.05, 4.69) is 41.8 Å². The predicted octanol–water partition coefficient (Wildman–Crippen LogP) is 3.39. The van der Waals surface area contributed by atoms with E-state index in [1.54, 1.807) is 12.4 Å². The number of aromatic nitrogens is 2. The van der Waals surface area contributed by atoms with Crippen LogP contribution in [0.2, 0.25) is 0 Å². The van der Waals surface area contributed by atoms with Gasteiger partial charge in [0.05, 0.1) is 5.69 Å². The monoisotopic (exact) mass is 356 g/mol. The fourth-order valence-electron chi connectivity index (χ4n) is 1.43. The highest BCUT2D eigenvalue weighted by atomic mass is 79.9. The van der Waals surface area contributed by atoms with Crippen molar-refractivity contribution in [2.75, 3.05) is 0 Å². The Bertz CT molecular complexity index is 529. The van der Waals surface area contributed by atoms with Crippen molar-refractivity contribution in [1.82, 2.24) is 9.97 Å². The Kier molecular flexibility index (Phi) is 3.91. The molecule has 0 fully saturated rings. The molecule has 0 aliphatic carbocycles. The molecule has 2 aromatic heterocycles. The third-order valence-corrected chi connectivity index (χ3v) is 3.41. The Morgan fingerprint density at radius 2 is 1.94 bits per heavy atom. The molecule has 5 heteroatoms. The van der Waals surface area contributed by atoms with Crippen molar-refractivity contribution in [2.45, 2.75) is 13.0 Å². The molecule has 0 saturated carbocycles. The maximum absolute atomic E-state index is 10.2. The van der Waals surface area contributed by atoms with Gasteiger partial charge in [0.25, 0.3) is 0 Å². The number of aliphatic hydroxyl groups excluding tert-OH is 1. The van der Waals surface area contributed by atoms with E-state index in [1.165, 1.54) is 0 Å². The molecule has 88 valence electrons. The molecule has 2 rings (SSSR count). The van der Waals surface area contributed by atoms with Gasteiger partial charge in [-0.15, -0.1) is 0 Å². The van der Waals surface area contributed by atoms with E-state index in [-0.39, 0.29) is 0 Å². The van der Waals surface area contributed by atoms with Gasteiger partial charge in [0.15, 0.2) is 0 Å². The molecule has 0 bridgehead atoms. The summed E-state index contributed by atoms with van der Waals surface area (Å²) in [5.74, 6) is 0. The van der Waals surface area contributed by atoms with E-state index >= 15 is 0 Å². The van der Waals surface area contributed by atoms with Gasteiger partial charge < -0.3 is 5.11 Å². The lowest BCUT2D eigenvalue weighted by atomic mass is 10.1. The van der Waals surface area contributed by atoms with Crippen molar-refractivity contribution < 1.29 is 5.11 Å². The highest BCUT2D eigenvalue weighted by Gasteiger charge is 2.15. The van der Waals surface area contributed by atoms with Gasteiger partial charge in [0.1, 0.15) is 6.10 Å². The maximum atomic E-state index is 10.2. The van der Waals surface area contributed by atoms with Crippen LogP contribution in [0.1, 0.15) is 23.1 Å². The lowest BCUT2D eigenvalue weighted by molar-refractivity contribution is 0.214. The zero-order valence-electron chi connectivity index (χ0n) is 9.06. The number of nitrogens with zero attached hydrogens (tertiary/aromatic N) is 2. The minimum absolute atomic E-state index is 0.582. The van der Waals surface area contributed by atoms with Gasteiger partial charge in [0.2, 0.25) is 0 Å². The van der Waals surface area contributed by atoms with Gasteiger partial charge in [-0.05, 0) is 50.9 Å². The molecule has 0 aromatic carbocycles. The number of hydrogen-bond acceptors (Lipinski definition) is 3. The summed E-state index contributed by atoms with van der Waals surface area (Å²) < 4.78 is 1.63. The van der Waals surface area contributed by atoms with E-state index in [4.69, 9.17) is 0 Å². The summed E-state index contributed by atoms with van der Waals surface area (Å²) in [6.45, 7) is 1.91. The van der Waals surface area contributed by atoms with Crippen LogP contribution in [-0.4, -0.2) is 15.1 Å². The Balaban J connectivity index is 2.36. The fourth-order valence-corrected chi connectivity index (χ4v) is 2.63. The van der Waals surface area contributed by atoms with Crippen LogP contribution in [0.5, 0.6) is 0 Å².